The molecule has 5 nitrogen and oxygen atoms in total. The van der Waals surface area contributed by atoms with Crippen LogP contribution in [-0.4, -0.2) is 20.9 Å². The normalized spacial score (nSPS) is 14.1. The summed E-state index contributed by atoms with van der Waals surface area (Å²) >= 11 is 0. The first kappa shape index (κ1) is 21.4. The lowest BCUT2D eigenvalue weighted by Gasteiger charge is -2.30. The van der Waals surface area contributed by atoms with E-state index in [9.17, 15) is 13.2 Å². The van der Waals surface area contributed by atoms with Crippen LogP contribution in [0.4, 0.5) is 11.4 Å². The first-order chi connectivity index (χ1) is 13.7. The van der Waals surface area contributed by atoms with Crippen molar-refractivity contribution in [2.45, 2.75) is 65.2 Å². The molecule has 1 heterocycles. The fourth-order valence-corrected chi connectivity index (χ4v) is 5.64. The molecular weight excluding hydrogens is 384 g/mol. The number of carbonyl (C=O) groups excluding carboxylic acids is 1. The zero-order valence-corrected chi connectivity index (χ0v) is 18.7. The molecule has 0 saturated carbocycles. The summed E-state index contributed by atoms with van der Waals surface area (Å²) in [6, 6.07) is 7.50. The predicted molar refractivity (Wildman–Crippen MR) is 118 cm³/mol. The Labute approximate surface area is 174 Å². The fraction of sp³-hybridized carbons (Fsp3) is 0.435. The zero-order valence-electron chi connectivity index (χ0n) is 17.9. The van der Waals surface area contributed by atoms with Crippen LogP contribution in [0.15, 0.2) is 29.2 Å². The average molecular weight is 415 g/mol. The third-order valence-corrected chi connectivity index (χ3v) is 7.49. The molecule has 0 bridgehead atoms. The van der Waals surface area contributed by atoms with Crippen LogP contribution >= 0.6 is 0 Å². The predicted octanol–water partition coefficient (Wildman–Crippen LogP) is 4.80. The third kappa shape index (κ3) is 4.17. The topological polar surface area (TPSA) is 66.5 Å². The van der Waals surface area contributed by atoms with Gasteiger partial charge in [0.25, 0.3) is 10.0 Å². The van der Waals surface area contributed by atoms with Gasteiger partial charge in [-0.3, -0.25) is 9.52 Å². The number of benzene rings is 2. The number of fused-ring (bicyclic) bond motifs is 1. The molecule has 2 aromatic carbocycles. The van der Waals surface area contributed by atoms with Gasteiger partial charge in [0.05, 0.1) is 4.90 Å². The molecule has 0 saturated heterocycles. The molecule has 0 radical (unpaired) electrons. The first-order valence-corrected chi connectivity index (χ1v) is 11.7. The van der Waals surface area contributed by atoms with Crippen LogP contribution in [0.3, 0.4) is 0 Å². The molecule has 1 aliphatic heterocycles. The van der Waals surface area contributed by atoms with Gasteiger partial charge in [-0.05, 0) is 86.6 Å². The summed E-state index contributed by atoms with van der Waals surface area (Å²) in [5, 5.41) is 0. The van der Waals surface area contributed by atoms with Crippen LogP contribution in [0.2, 0.25) is 0 Å². The van der Waals surface area contributed by atoms with E-state index in [1.165, 1.54) is 0 Å². The highest BCUT2D eigenvalue weighted by Crippen LogP contribution is 2.33. The molecule has 0 fully saturated rings. The molecule has 0 spiro atoms. The van der Waals surface area contributed by atoms with Crippen LogP contribution in [0.1, 0.15) is 54.0 Å². The minimum atomic E-state index is -3.72. The number of hydrogen-bond acceptors (Lipinski definition) is 3. The number of carbonyl (C=O) groups is 1. The van der Waals surface area contributed by atoms with Crippen LogP contribution in [0, 0.1) is 27.7 Å². The SMILES string of the molecule is CCCCN1C(=O)CCc2cc(NS(=O)(=O)c3c(C)c(C)cc(C)c3C)ccc21. The maximum absolute atomic E-state index is 13.2. The van der Waals surface area contributed by atoms with Gasteiger partial charge in [-0.25, -0.2) is 8.42 Å². The van der Waals surface area contributed by atoms with Crippen molar-refractivity contribution in [3.05, 3.63) is 52.1 Å². The minimum Gasteiger partial charge on any atom is -0.312 e. The number of unbranched alkanes of at least 4 members (excludes halogenated alkanes) is 1. The largest absolute Gasteiger partial charge is 0.312 e. The molecular formula is C23H30N2O3S. The summed E-state index contributed by atoms with van der Waals surface area (Å²) in [5.41, 5.74) is 5.91. The molecule has 6 heteroatoms. The van der Waals surface area contributed by atoms with E-state index in [4.69, 9.17) is 0 Å². The molecule has 1 aliphatic rings. The molecule has 0 aromatic heterocycles. The summed E-state index contributed by atoms with van der Waals surface area (Å²) in [4.78, 5) is 14.5. The fourth-order valence-electron chi connectivity index (χ4n) is 3.97. The summed E-state index contributed by atoms with van der Waals surface area (Å²) in [5.74, 6) is 0.140. The Morgan fingerprint density at radius 3 is 2.28 bits per heavy atom. The molecule has 0 aliphatic carbocycles. The number of anilines is 2. The average Bonchev–Trinajstić information content (AvgIpc) is 2.65. The van der Waals surface area contributed by atoms with Crippen molar-refractivity contribution in [1.82, 2.24) is 0 Å². The number of nitrogens with zero attached hydrogens (tertiary/aromatic N) is 1. The monoisotopic (exact) mass is 414 g/mol. The van der Waals surface area contributed by atoms with Crippen molar-refractivity contribution < 1.29 is 13.2 Å². The molecule has 3 rings (SSSR count). The van der Waals surface area contributed by atoms with E-state index < -0.39 is 10.0 Å². The Hall–Kier alpha value is -2.34. The van der Waals surface area contributed by atoms with E-state index in [1.54, 1.807) is 6.07 Å². The van der Waals surface area contributed by atoms with Crippen molar-refractivity contribution in [3.8, 4) is 0 Å². The number of hydrogen-bond donors (Lipinski definition) is 1. The highest BCUT2D eigenvalue weighted by molar-refractivity contribution is 7.92. The number of amides is 1. The Balaban J connectivity index is 1.95. The van der Waals surface area contributed by atoms with Gasteiger partial charge in [0, 0.05) is 24.3 Å². The highest BCUT2D eigenvalue weighted by Gasteiger charge is 2.26. The summed E-state index contributed by atoms with van der Waals surface area (Å²) in [6.07, 6.45) is 3.06. The standard InChI is InChI=1S/C23H30N2O3S/c1-6-7-12-25-21-10-9-20(14-19(21)8-11-22(25)26)24-29(27,28)23-17(4)15(2)13-16(3)18(23)5/h9-10,13-14,24H,6-8,11-12H2,1-5H3. The van der Waals surface area contributed by atoms with Crippen molar-refractivity contribution in [1.29, 1.82) is 0 Å². The Morgan fingerprint density at radius 1 is 1.00 bits per heavy atom. The van der Waals surface area contributed by atoms with Gasteiger partial charge < -0.3 is 4.90 Å². The molecule has 2 aromatic rings. The Kier molecular flexibility index (Phi) is 6.03. The zero-order chi connectivity index (χ0) is 21.3. The van der Waals surface area contributed by atoms with Crippen LogP contribution < -0.4 is 9.62 Å². The molecule has 29 heavy (non-hydrogen) atoms. The molecule has 156 valence electrons. The van der Waals surface area contributed by atoms with Gasteiger partial charge in [-0.1, -0.05) is 19.4 Å². The lowest BCUT2D eigenvalue weighted by Crippen LogP contribution is -2.35. The van der Waals surface area contributed by atoms with Gasteiger partial charge in [0.1, 0.15) is 0 Å². The van der Waals surface area contributed by atoms with Gasteiger partial charge >= 0.3 is 0 Å². The Bertz CT molecular complexity index is 1030. The van der Waals surface area contributed by atoms with Crippen LogP contribution in [-0.2, 0) is 21.2 Å². The van der Waals surface area contributed by atoms with Crippen LogP contribution in [0.5, 0.6) is 0 Å². The lowest BCUT2D eigenvalue weighted by atomic mass is 10.00. The van der Waals surface area contributed by atoms with Crippen molar-refractivity contribution >= 4 is 27.3 Å². The van der Waals surface area contributed by atoms with Crippen molar-refractivity contribution in [2.75, 3.05) is 16.2 Å². The van der Waals surface area contributed by atoms with E-state index >= 15 is 0 Å². The number of nitrogens with one attached hydrogen (secondary N) is 1. The molecule has 1 N–H and O–H groups in total. The van der Waals surface area contributed by atoms with E-state index in [0.717, 1.165) is 46.3 Å². The minimum absolute atomic E-state index is 0.140. The smallest absolute Gasteiger partial charge is 0.262 e. The second kappa shape index (κ2) is 8.19. The van der Waals surface area contributed by atoms with Crippen molar-refractivity contribution in [2.24, 2.45) is 0 Å². The van der Waals surface area contributed by atoms with E-state index in [2.05, 4.69) is 11.6 Å². The summed E-state index contributed by atoms with van der Waals surface area (Å²) in [7, 11) is -3.72. The third-order valence-electron chi connectivity index (χ3n) is 5.83. The molecule has 0 unspecified atom stereocenters. The Morgan fingerprint density at radius 2 is 1.66 bits per heavy atom. The second-order valence-corrected chi connectivity index (χ2v) is 9.56. The highest BCUT2D eigenvalue weighted by atomic mass is 32.2. The summed E-state index contributed by atoms with van der Waals surface area (Å²) in [6.45, 7) is 10.4. The van der Waals surface area contributed by atoms with E-state index in [0.29, 0.717) is 30.0 Å². The lowest BCUT2D eigenvalue weighted by molar-refractivity contribution is -0.118. The number of rotatable bonds is 6. The molecule has 1 amide bonds. The summed E-state index contributed by atoms with van der Waals surface area (Å²) < 4.78 is 29.2. The van der Waals surface area contributed by atoms with Crippen molar-refractivity contribution in [3.63, 3.8) is 0 Å². The quantitative estimate of drug-likeness (QED) is 0.738. The van der Waals surface area contributed by atoms with Crippen LogP contribution in [0.25, 0.3) is 0 Å². The maximum Gasteiger partial charge on any atom is 0.262 e. The van der Waals surface area contributed by atoms with Gasteiger partial charge in [-0.2, -0.15) is 0 Å². The van der Waals surface area contributed by atoms with E-state index in [1.807, 2.05) is 50.8 Å². The van der Waals surface area contributed by atoms with Gasteiger partial charge in [-0.15, -0.1) is 0 Å². The number of sulfonamides is 1. The molecule has 0 atom stereocenters. The number of aryl methyl sites for hydroxylation is 3. The van der Waals surface area contributed by atoms with E-state index in [-0.39, 0.29) is 5.91 Å². The maximum atomic E-state index is 13.2. The van der Waals surface area contributed by atoms with Gasteiger partial charge in [0.2, 0.25) is 5.91 Å². The van der Waals surface area contributed by atoms with Gasteiger partial charge in [0.15, 0.2) is 0 Å². The second-order valence-electron chi connectivity index (χ2n) is 7.94. The first-order valence-electron chi connectivity index (χ1n) is 10.2.